The van der Waals surface area contributed by atoms with Gasteiger partial charge in [0, 0.05) is 18.1 Å². The number of anilines is 1. The molecule has 1 aromatic heterocycles. The second kappa shape index (κ2) is 9.58. The van der Waals surface area contributed by atoms with Gasteiger partial charge in [-0.1, -0.05) is 11.6 Å². The SMILES string of the molecule is CCN(CC)C(=O)c1sc(NC(=O)COc2ccc(Cl)cc2C)c(C#N)c1C. The van der Waals surface area contributed by atoms with E-state index >= 15 is 0 Å². The van der Waals surface area contributed by atoms with Gasteiger partial charge in [-0.05, 0) is 57.0 Å². The number of aryl methyl sites for hydroxylation is 1. The first-order valence-electron chi connectivity index (χ1n) is 8.83. The van der Waals surface area contributed by atoms with Crippen molar-refractivity contribution in [1.82, 2.24) is 4.90 Å². The van der Waals surface area contributed by atoms with Crippen molar-refractivity contribution < 1.29 is 14.3 Å². The first-order valence-corrected chi connectivity index (χ1v) is 10.0. The maximum absolute atomic E-state index is 12.6. The van der Waals surface area contributed by atoms with Crippen LogP contribution in [0.15, 0.2) is 18.2 Å². The van der Waals surface area contributed by atoms with Gasteiger partial charge in [-0.3, -0.25) is 9.59 Å². The molecule has 2 amide bonds. The van der Waals surface area contributed by atoms with E-state index in [1.54, 1.807) is 30.0 Å². The molecular weight excluding hydrogens is 398 g/mol. The Bertz CT molecular complexity index is 930. The van der Waals surface area contributed by atoms with E-state index < -0.39 is 5.91 Å². The van der Waals surface area contributed by atoms with Gasteiger partial charge in [-0.15, -0.1) is 11.3 Å². The van der Waals surface area contributed by atoms with E-state index in [0.29, 0.717) is 44.9 Å². The van der Waals surface area contributed by atoms with Gasteiger partial charge in [0.15, 0.2) is 6.61 Å². The van der Waals surface area contributed by atoms with Crippen LogP contribution >= 0.6 is 22.9 Å². The molecule has 0 bridgehead atoms. The van der Waals surface area contributed by atoms with E-state index in [1.807, 2.05) is 20.8 Å². The number of nitrogens with zero attached hydrogens (tertiary/aromatic N) is 2. The molecular formula is C20H22ClN3O3S. The minimum Gasteiger partial charge on any atom is -0.483 e. The fourth-order valence-corrected chi connectivity index (χ4v) is 4.04. The van der Waals surface area contributed by atoms with E-state index in [1.165, 1.54) is 0 Å². The molecule has 0 saturated carbocycles. The summed E-state index contributed by atoms with van der Waals surface area (Å²) < 4.78 is 5.53. The molecule has 1 heterocycles. The largest absolute Gasteiger partial charge is 0.483 e. The first-order chi connectivity index (χ1) is 13.3. The summed E-state index contributed by atoms with van der Waals surface area (Å²) in [5, 5.41) is 13.1. The Labute approximate surface area is 173 Å². The molecule has 0 atom stereocenters. The van der Waals surface area contributed by atoms with Gasteiger partial charge in [0.25, 0.3) is 11.8 Å². The number of halogens is 1. The fraction of sp³-hybridized carbons (Fsp3) is 0.350. The van der Waals surface area contributed by atoms with Gasteiger partial charge < -0.3 is 15.0 Å². The third kappa shape index (κ3) is 4.83. The predicted molar refractivity (Wildman–Crippen MR) is 111 cm³/mol. The van der Waals surface area contributed by atoms with Crippen LogP contribution in [0.25, 0.3) is 0 Å². The quantitative estimate of drug-likeness (QED) is 0.721. The molecule has 2 aromatic rings. The average Bonchev–Trinajstić information content (AvgIpc) is 2.97. The molecule has 0 aliphatic heterocycles. The van der Waals surface area contributed by atoms with E-state index in [4.69, 9.17) is 16.3 Å². The lowest BCUT2D eigenvalue weighted by molar-refractivity contribution is -0.118. The van der Waals surface area contributed by atoms with Crippen molar-refractivity contribution >= 4 is 39.8 Å². The van der Waals surface area contributed by atoms with Crippen molar-refractivity contribution in [2.45, 2.75) is 27.7 Å². The predicted octanol–water partition coefficient (Wildman–Crippen LogP) is 4.39. The summed E-state index contributed by atoms with van der Waals surface area (Å²) in [6.07, 6.45) is 0. The van der Waals surface area contributed by atoms with Crippen molar-refractivity contribution in [3.63, 3.8) is 0 Å². The van der Waals surface area contributed by atoms with Gasteiger partial charge in [-0.25, -0.2) is 0 Å². The zero-order valence-electron chi connectivity index (χ0n) is 16.3. The monoisotopic (exact) mass is 419 g/mol. The summed E-state index contributed by atoms with van der Waals surface area (Å²) >= 11 is 7.03. The molecule has 8 heteroatoms. The van der Waals surface area contributed by atoms with Crippen molar-refractivity contribution in [3.05, 3.63) is 44.8 Å². The van der Waals surface area contributed by atoms with Crippen molar-refractivity contribution in [2.24, 2.45) is 0 Å². The minimum atomic E-state index is -0.408. The third-order valence-corrected chi connectivity index (χ3v) is 5.68. The molecule has 28 heavy (non-hydrogen) atoms. The highest BCUT2D eigenvalue weighted by atomic mass is 35.5. The summed E-state index contributed by atoms with van der Waals surface area (Å²) in [7, 11) is 0. The number of hydrogen-bond acceptors (Lipinski definition) is 5. The van der Waals surface area contributed by atoms with E-state index in [-0.39, 0.29) is 12.5 Å². The highest BCUT2D eigenvalue weighted by Gasteiger charge is 2.24. The lowest BCUT2D eigenvalue weighted by Crippen LogP contribution is -2.30. The summed E-state index contributed by atoms with van der Waals surface area (Å²) in [4.78, 5) is 27.1. The first kappa shape index (κ1) is 21.7. The maximum atomic E-state index is 12.6. The van der Waals surface area contributed by atoms with Crippen LogP contribution in [0.1, 0.15) is 40.2 Å². The molecule has 0 aliphatic rings. The molecule has 0 radical (unpaired) electrons. The number of nitrogens with one attached hydrogen (secondary N) is 1. The number of hydrogen-bond donors (Lipinski definition) is 1. The Kier molecular flexibility index (Phi) is 7.44. The van der Waals surface area contributed by atoms with Crippen LogP contribution in [0.2, 0.25) is 5.02 Å². The number of amides is 2. The summed E-state index contributed by atoms with van der Waals surface area (Å²) in [5.74, 6) is 0.00583. The summed E-state index contributed by atoms with van der Waals surface area (Å²) in [5.41, 5.74) is 1.70. The number of rotatable bonds is 7. The van der Waals surface area contributed by atoms with Gasteiger partial charge in [0.1, 0.15) is 16.8 Å². The van der Waals surface area contributed by atoms with Crippen LogP contribution in [-0.4, -0.2) is 36.4 Å². The zero-order valence-corrected chi connectivity index (χ0v) is 17.8. The van der Waals surface area contributed by atoms with Gasteiger partial charge in [0.05, 0.1) is 10.4 Å². The Balaban J connectivity index is 2.14. The molecule has 0 aliphatic carbocycles. The number of benzene rings is 1. The van der Waals surface area contributed by atoms with Gasteiger partial charge >= 0.3 is 0 Å². The minimum absolute atomic E-state index is 0.141. The van der Waals surface area contributed by atoms with Crippen LogP contribution in [0.4, 0.5) is 5.00 Å². The maximum Gasteiger partial charge on any atom is 0.264 e. The van der Waals surface area contributed by atoms with Crippen LogP contribution in [0.3, 0.4) is 0 Å². The molecule has 0 spiro atoms. The molecule has 0 fully saturated rings. The number of carbonyl (C=O) groups is 2. The molecule has 6 nitrogen and oxygen atoms in total. The molecule has 148 valence electrons. The second-order valence-electron chi connectivity index (χ2n) is 6.10. The topological polar surface area (TPSA) is 82.4 Å². The van der Waals surface area contributed by atoms with Crippen LogP contribution in [0.5, 0.6) is 5.75 Å². The molecule has 1 N–H and O–H groups in total. The highest BCUT2D eigenvalue weighted by molar-refractivity contribution is 7.18. The molecule has 2 rings (SSSR count). The molecule has 0 unspecified atom stereocenters. The van der Waals surface area contributed by atoms with Gasteiger partial charge in [0.2, 0.25) is 0 Å². The Morgan fingerprint density at radius 3 is 2.54 bits per heavy atom. The lowest BCUT2D eigenvalue weighted by atomic mass is 10.1. The number of ether oxygens (including phenoxy) is 1. The Morgan fingerprint density at radius 2 is 1.96 bits per heavy atom. The van der Waals surface area contributed by atoms with Crippen LogP contribution in [0, 0.1) is 25.2 Å². The number of thiophene rings is 1. The summed E-state index contributed by atoms with van der Waals surface area (Å²) in [6, 6.07) is 7.20. The summed E-state index contributed by atoms with van der Waals surface area (Å²) in [6.45, 7) is 8.27. The third-order valence-electron chi connectivity index (χ3n) is 4.25. The molecule has 1 aromatic carbocycles. The second-order valence-corrected chi connectivity index (χ2v) is 7.55. The highest BCUT2D eigenvalue weighted by Crippen LogP contribution is 2.33. The van der Waals surface area contributed by atoms with E-state index in [9.17, 15) is 14.9 Å². The Hall–Kier alpha value is -2.56. The van der Waals surface area contributed by atoms with Crippen molar-refractivity contribution in [2.75, 3.05) is 25.0 Å². The van der Waals surface area contributed by atoms with E-state index in [0.717, 1.165) is 16.9 Å². The van der Waals surface area contributed by atoms with Crippen molar-refractivity contribution in [1.29, 1.82) is 5.26 Å². The standard InChI is InChI=1S/C20H22ClN3O3S/c1-5-24(6-2)20(26)18-13(4)15(10-22)19(28-18)23-17(25)11-27-16-8-7-14(21)9-12(16)3/h7-9H,5-6,11H2,1-4H3,(H,23,25). The fourth-order valence-electron chi connectivity index (χ4n) is 2.68. The van der Waals surface area contributed by atoms with Crippen molar-refractivity contribution in [3.8, 4) is 11.8 Å². The normalized spacial score (nSPS) is 10.3. The zero-order chi connectivity index (χ0) is 20.8. The van der Waals surface area contributed by atoms with E-state index in [2.05, 4.69) is 11.4 Å². The average molecular weight is 420 g/mol. The smallest absolute Gasteiger partial charge is 0.264 e. The molecule has 0 saturated heterocycles. The van der Waals surface area contributed by atoms with Gasteiger partial charge in [-0.2, -0.15) is 5.26 Å². The van der Waals surface area contributed by atoms with Crippen LogP contribution in [-0.2, 0) is 4.79 Å². The Morgan fingerprint density at radius 1 is 1.29 bits per heavy atom. The number of nitriles is 1. The lowest BCUT2D eigenvalue weighted by Gasteiger charge is -2.17. The number of carbonyl (C=O) groups excluding carboxylic acids is 2. The van der Waals surface area contributed by atoms with Crippen LogP contribution < -0.4 is 10.1 Å².